The van der Waals surface area contributed by atoms with Crippen molar-refractivity contribution >= 4 is 45.3 Å². The summed E-state index contributed by atoms with van der Waals surface area (Å²) < 4.78 is 0. The summed E-state index contributed by atoms with van der Waals surface area (Å²) in [5.41, 5.74) is 3.00. The summed E-state index contributed by atoms with van der Waals surface area (Å²) in [6, 6.07) is 9.63. The number of piperazine rings is 1. The van der Waals surface area contributed by atoms with Gasteiger partial charge in [0.2, 0.25) is 5.91 Å². The molecule has 3 aromatic rings. The summed E-state index contributed by atoms with van der Waals surface area (Å²) in [5.74, 6) is -0.371. The third-order valence-corrected chi connectivity index (χ3v) is 6.80. The maximum absolute atomic E-state index is 13.1. The highest BCUT2D eigenvalue weighted by molar-refractivity contribution is 7.14. The monoisotopic (exact) mass is 448 g/mol. The molecule has 4 heterocycles. The largest absolute Gasteiger partial charge is 0.367 e. The van der Waals surface area contributed by atoms with Crippen LogP contribution in [0.1, 0.15) is 29.9 Å². The third kappa shape index (κ3) is 3.43. The third-order valence-electron chi connectivity index (χ3n) is 5.98. The summed E-state index contributed by atoms with van der Waals surface area (Å²) in [7, 11) is 0. The van der Waals surface area contributed by atoms with Gasteiger partial charge in [-0.3, -0.25) is 19.5 Å². The molecule has 164 valence electrons. The molecular formula is C23H24N6O2S. The molecule has 0 aliphatic carbocycles. The van der Waals surface area contributed by atoms with Crippen LogP contribution in [-0.4, -0.2) is 48.0 Å². The predicted molar refractivity (Wildman–Crippen MR) is 126 cm³/mol. The van der Waals surface area contributed by atoms with Crippen LogP contribution in [0.25, 0.3) is 0 Å². The van der Waals surface area contributed by atoms with Crippen molar-refractivity contribution in [3.8, 4) is 0 Å². The smallest absolute Gasteiger partial charge is 0.275 e. The number of carbonyl (C=O) groups is 2. The highest BCUT2D eigenvalue weighted by atomic mass is 32.1. The van der Waals surface area contributed by atoms with Gasteiger partial charge in [-0.25, -0.2) is 4.98 Å². The fraction of sp³-hybridized carbons (Fsp3) is 0.304. The van der Waals surface area contributed by atoms with Crippen LogP contribution in [0.15, 0.2) is 48.1 Å². The highest BCUT2D eigenvalue weighted by Gasteiger charge is 2.45. The average molecular weight is 449 g/mol. The van der Waals surface area contributed by atoms with E-state index in [1.807, 2.05) is 44.2 Å². The number of anilines is 4. The van der Waals surface area contributed by atoms with E-state index in [9.17, 15) is 9.59 Å². The first-order valence-corrected chi connectivity index (χ1v) is 11.5. The minimum absolute atomic E-state index is 0.0479. The molecule has 0 saturated carbocycles. The molecule has 0 unspecified atom stereocenters. The van der Waals surface area contributed by atoms with E-state index in [2.05, 4.69) is 25.5 Å². The number of para-hydroxylation sites is 1. The number of amides is 2. The molecule has 0 bridgehead atoms. The van der Waals surface area contributed by atoms with Crippen LogP contribution in [0.2, 0.25) is 0 Å². The van der Waals surface area contributed by atoms with Gasteiger partial charge < -0.3 is 15.5 Å². The second-order valence-corrected chi connectivity index (χ2v) is 9.22. The first-order valence-electron chi connectivity index (χ1n) is 10.6. The van der Waals surface area contributed by atoms with Crippen LogP contribution in [0.4, 0.5) is 22.2 Å². The summed E-state index contributed by atoms with van der Waals surface area (Å²) in [6.45, 7) is 7.34. The Labute approximate surface area is 190 Å². The number of fused-ring (bicyclic) bond motifs is 1. The Morgan fingerprint density at radius 2 is 1.94 bits per heavy atom. The van der Waals surface area contributed by atoms with E-state index in [0.29, 0.717) is 10.8 Å². The predicted octanol–water partition coefficient (Wildman–Crippen LogP) is 3.16. The van der Waals surface area contributed by atoms with Gasteiger partial charge in [0.05, 0.1) is 28.7 Å². The van der Waals surface area contributed by atoms with Gasteiger partial charge in [-0.05, 0) is 31.5 Å². The molecule has 0 spiro atoms. The van der Waals surface area contributed by atoms with Gasteiger partial charge in [0.25, 0.3) is 5.91 Å². The first-order chi connectivity index (χ1) is 15.5. The van der Waals surface area contributed by atoms with Gasteiger partial charge in [0.15, 0.2) is 5.13 Å². The second-order valence-electron chi connectivity index (χ2n) is 8.38. The molecule has 1 saturated heterocycles. The van der Waals surface area contributed by atoms with Crippen molar-refractivity contribution in [1.29, 1.82) is 0 Å². The number of nitrogens with one attached hydrogen (secondary N) is 2. The highest BCUT2D eigenvalue weighted by Crippen LogP contribution is 2.45. The van der Waals surface area contributed by atoms with Crippen molar-refractivity contribution in [3.05, 3.63) is 59.4 Å². The molecule has 32 heavy (non-hydrogen) atoms. The van der Waals surface area contributed by atoms with Crippen molar-refractivity contribution < 1.29 is 9.59 Å². The van der Waals surface area contributed by atoms with E-state index in [1.54, 1.807) is 22.7 Å². The van der Waals surface area contributed by atoms with Crippen LogP contribution in [0.5, 0.6) is 0 Å². The Morgan fingerprint density at radius 1 is 1.16 bits per heavy atom. The van der Waals surface area contributed by atoms with Crippen LogP contribution in [0.3, 0.4) is 0 Å². The molecule has 0 atom stereocenters. The molecule has 8 nitrogen and oxygen atoms in total. The lowest BCUT2D eigenvalue weighted by Gasteiger charge is -2.30. The van der Waals surface area contributed by atoms with Crippen LogP contribution in [0, 0.1) is 0 Å². The summed E-state index contributed by atoms with van der Waals surface area (Å²) in [4.78, 5) is 38.7. The second kappa shape index (κ2) is 7.99. The summed E-state index contributed by atoms with van der Waals surface area (Å²) in [6.07, 6.45) is 3.39. The first kappa shape index (κ1) is 20.6. The zero-order valence-corrected chi connectivity index (χ0v) is 18.8. The van der Waals surface area contributed by atoms with Crippen molar-refractivity contribution in [2.75, 3.05) is 41.3 Å². The standard InChI is InChI=1S/C23H24N6O2S/c1-23(2)15-5-3-4-6-18(15)29(21(23)31)22-27-17(14-32-22)20(30)26-16-13-25-8-7-19(16)28-11-9-24-10-12-28/h3-8,13-14,24H,9-12H2,1-2H3,(H,26,30). The molecule has 2 aromatic heterocycles. The van der Waals surface area contributed by atoms with Crippen LogP contribution < -0.4 is 20.4 Å². The van der Waals surface area contributed by atoms with Gasteiger partial charge >= 0.3 is 0 Å². The van der Waals surface area contributed by atoms with Crippen LogP contribution >= 0.6 is 11.3 Å². The average Bonchev–Trinajstić information content (AvgIpc) is 3.37. The Balaban J connectivity index is 1.40. The molecule has 2 aliphatic rings. The van der Waals surface area contributed by atoms with Crippen molar-refractivity contribution in [3.63, 3.8) is 0 Å². The molecule has 2 N–H and O–H groups in total. The number of hydrogen-bond donors (Lipinski definition) is 2. The Bertz CT molecular complexity index is 1180. The molecule has 1 fully saturated rings. The SMILES string of the molecule is CC1(C)C(=O)N(c2nc(C(=O)Nc3cnccc3N3CCNCC3)cs2)c2ccccc21. The summed E-state index contributed by atoms with van der Waals surface area (Å²) in [5, 5.41) is 8.46. The zero-order valence-electron chi connectivity index (χ0n) is 18.0. The number of thiazole rings is 1. The number of aromatic nitrogens is 2. The molecule has 5 rings (SSSR count). The number of rotatable bonds is 4. The van der Waals surface area contributed by atoms with E-state index in [4.69, 9.17) is 0 Å². The van der Waals surface area contributed by atoms with E-state index in [-0.39, 0.29) is 17.5 Å². The van der Waals surface area contributed by atoms with E-state index in [1.165, 1.54) is 11.3 Å². The Morgan fingerprint density at radius 3 is 2.75 bits per heavy atom. The lowest BCUT2D eigenvalue weighted by Crippen LogP contribution is -2.43. The molecule has 1 aromatic carbocycles. The van der Waals surface area contributed by atoms with Gasteiger partial charge in [0.1, 0.15) is 5.69 Å². The fourth-order valence-electron chi connectivity index (χ4n) is 4.21. The number of nitrogens with zero attached hydrogens (tertiary/aromatic N) is 4. The minimum atomic E-state index is -0.640. The van der Waals surface area contributed by atoms with Gasteiger partial charge in [0, 0.05) is 37.8 Å². The maximum atomic E-state index is 13.1. The van der Waals surface area contributed by atoms with Crippen molar-refractivity contribution in [2.45, 2.75) is 19.3 Å². The van der Waals surface area contributed by atoms with Gasteiger partial charge in [-0.15, -0.1) is 11.3 Å². The van der Waals surface area contributed by atoms with E-state index in [0.717, 1.165) is 43.1 Å². The number of carbonyl (C=O) groups excluding carboxylic acids is 2. The maximum Gasteiger partial charge on any atom is 0.275 e. The summed E-state index contributed by atoms with van der Waals surface area (Å²) >= 11 is 1.28. The normalized spacial score (nSPS) is 17.4. The molecule has 2 aliphatic heterocycles. The van der Waals surface area contributed by atoms with Crippen LogP contribution in [-0.2, 0) is 10.2 Å². The van der Waals surface area contributed by atoms with E-state index >= 15 is 0 Å². The molecule has 2 amide bonds. The zero-order chi connectivity index (χ0) is 22.3. The van der Waals surface area contributed by atoms with Crippen molar-refractivity contribution in [2.24, 2.45) is 0 Å². The fourth-order valence-corrected chi connectivity index (χ4v) is 5.03. The van der Waals surface area contributed by atoms with E-state index < -0.39 is 5.41 Å². The quantitative estimate of drug-likeness (QED) is 0.637. The lowest BCUT2D eigenvalue weighted by molar-refractivity contribution is -0.121. The number of pyridine rings is 1. The van der Waals surface area contributed by atoms with Gasteiger partial charge in [-0.2, -0.15) is 0 Å². The molecule has 0 radical (unpaired) electrons. The number of benzene rings is 1. The van der Waals surface area contributed by atoms with Crippen molar-refractivity contribution in [1.82, 2.24) is 15.3 Å². The number of hydrogen-bond acceptors (Lipinski definition) is 7. The molecular weight excluding hydrogens is 424 g/mol. The molecule has 9 heteroatoms. The topological polar surface area (TPSA) is 90.5 Å². The van der Waals surface area contributed by atoms with Gasteiger partial charge in [-0.1, -0.05) is 18.2 Å². The minimum Gasteiger partial charge on any atom is -0.367 e. The Hall–Kier alpha value is -3.30. The lowest BCUT2D eigenvalue weighted by atomic mass is 9.86. The Kier molecular flexibility index (Phi) is 5.15.